The first-order valence-electron chi connectivity index (χ1n) is 4.72. The maximum atomic E-state index is 12.7. The number of sulfonamides is 1. The minimum atomic E-state index is -5.05. The number of aliphatic carboxylic acids is 1. The van der Waals surface area contributed by atoms with Gasteiger partial charge in [0.05, 0.1) is 6.07 Å². The van der Waals surface area contributed by atoms with Crippen LogP contribution in [0.1, 0.15) is 6.42 Å². The first-order valence-corrected chi connectivity index (χ1v) is 6.33. The van der Waals surface area contributed by atoms with Crippen LogP contribution in [0.25, 0.3) is 0 Å². The number of hydrogen-bond donors (Lipinski definition) is 1. The Morgan fingerprint density at radius 3 is 2.39 bits per heavy atom. The molecule has 0 aliphatic carbocycles. The van der Waals surface area contributed by atoms with E-state index in [0.717, 1.165) is 0 Å². The molecule has 1 heterocycles. The molecule has 0 aromatic heterocycles. The highest BCUT2D eigenvalue weighted by Gasteiger charge is 2.64. The fraction of sp³-hybridized carbons (Fsp3) is 0.750. The Hall–Kier alpha value is -1.34. The molecule has 0 aromatic carbocycles. The van der Waals surface area contributed by atoms with Gasteiger partial charge >= 0.3 is 12.1 Å². The predicted molar refractivity (Wildman–Crippen MR) is 51.7 cm³/mol. The number of halogens is 3. The Morgan fingerprint density at radius 2 is 2.06 bits per heavy atom. The third kappa shape index (κ3) is 2.28. The summed E-state index contributed by atoms with van der Waals surface area (Å²) in [6, 6.07) is 1.32. The summed E-state index contributed by atoms with van der Waals surface area (Å²) in [7, 11) is -4.17. The van der Waals surface area contributed by atoms with Crippen LogP contribution in [0.15, 0.2) is 0 Å². The molecule has 10 heteroatoms. The number of nitriles is 1. The van der Waals surface area contributed by atoms with E-state index in [2.05, 4.69) is 0 Å². The van der Waals surface area contributed by atoms with Crippen molar-refractivity contribution < 1.29 is 31.5 Å². The lowest BCUT2D eigenvalue weighted by atomic mass is 9.86. The third-order valence-electron chi connectivity index (χ3n) is 2.83. The molecule has 0 saturated carbocycles. The van der Waals surface area contributed by atoms with Gasteiger partial charge in [0.15, 0.2) is 11.2 Å². The molecule has 0 bridgehead atoms. The van der Waals surface area contributed by atoms with Crippen LogP contribution in [0.4, 0.5) is 13.2 Å². The molecule has 1 aliphatic rings. The molecular formula is C8H9F3N2O4S. The van der Waals surface area contributed by atoms with Crippen LogP contribution >= 0.6 is 0 Å². The molecule has 1 atom stereocenters. The highest BCUT2D eigenvalue weighted by molar-refractivity contribution is 7.89. The molecule has 1 N–H and O–H groups in total. The average Bonchev–Trinajstić information content (AvgIpc) is 2.62. The molecule has 0 amide bonds. The summed E-state index contributed by atoms with van der Waals surface area (Å²) >= 11 is 0. The zero-order chi connectivity index (χ0) is 14.2. The van der Waals surface area contributed by atoms with Gasteiger partial charge in [-0.3, -0.25) is 4.79 Å². The van der Waals surface area contributed by atoms with Crippen LogP contribution in [-0.4, -0.2) is 48.8 Å². The van der Waals surface area contributed by atoms with Gasteiger partial charge in [0, 0.05) is 13.1 Å². The maximum Gasteiger partial charge on any atom is 0.406 e. The van der Waals surface area contributed by atoms with Crippen molar-refractivity contribution in [3.05, 3.63) is 0 Å². The summed E-state index contributed by atoms with van der Waals surface area (Å²) in [5.74, 6) is -3.08. The van der Waals surface area contributed by atoms with Crippen molar-refractivity contribution >= 4 is 16.0 Å². The SMILES string of the molecule is N#CCS(=O)(=O)N1CCC(C(=O)O)(C(F)(F)F)C1. The molecule has 1 unspecified atom stereocenters. The summed E-state index contributed by atoms with van der Waals surface area (Å²) in [6.45, 7) is -1.74. The van der Waals surface area contributed by atoms with Crippen LogP contribution in [0.3, 0.4) is 0 Å². The Morgan fingerprint density at radius 1 is 1.50 bits per heavy atom. The van der Waals surface area contributed by atoms with Crippen molar-refractivity contribution in [1.82, 2.24) is 4.31 Å². The van der Waals surface area contributed by atoms with Crippen molar-refractivity contribution in [2.45, 2.75) is 12.6 Å². The summed E-state index contributed by atoms with van der Waals surface area (Å²) in [4.78, 5) is 10.8. The fourth-order valence-electron chi connectivity index (χ4n) is 1.71. The topological polar surface area (TPSA) is 98.5 Å². The van der Waals surface area contributed by atoms with Gasteiger partial charge in [-0.25, -0.2) is 8.42 Å². The molecule has 1 fully saturated rings. The van der Waals surface area contributed by atoms with E-state index < -0.39 is 52.8 Å². The van der Waals surface area contributed by atoms with Gasteiger partial charge in [0.2, 0.25) is 10.0 Å². The lowest BCUT2D eigenvalue weighted by Crippen LogP contribution is -2.47. The quantitative estimate of drug-likeness (QED) is 0.798. The normalized spacial score (nSPS) is 25.9. The number of carboxylic acids is 1. The van der Waals surface area contributed by atoms with E-state index in [1.165, 1.54) is 6.07 Å². The molecule has 0 spiro atoms. The number of alkyl halides is 3. The molecule has 18 heavy (non-hydrogen) atoms. The van der Waals surface area contributed by atoms with Gasteiger partial charge in [-0.2, -0.15) is 22.7 Å². The largest absolute Gasteiger partial charge is 0.481 e. The van der Waals surface area contributed by atoms with Gasteiger partial charge in [-0.05, 0) is 6.42 Å². The molecule has 0 radical (unpaired) electrons. The highest BCUT2D eigenvalue weighted by Crippen LogP contribution is 2.46. The van der Waals surface area contributed by atoms with E-state index in [0.29, 0.717) is 4.31 Å². The van der Waals surface area contributed by atoms with E-state index >= 15 is 0 Å². The van der Waals surface area contributed by atoms with Gasteiger partial charge in [-0.1, -0.05) is 0 Å². The molecular weight excluding hydrogens is 277 g/mol. The van der Waals surface area contributed by atoms with Crippen molar-refractivity contribution in [2.24, 2.45) is 5.41 Å². The standard InChI is InChI=1S/C8H9F3N2O4S/c9-8(10,11)7(6(14)15)1-3-13(5-7)18(16,17)4-2-12/h1,3-5H2,(H,14,15). The number of carbonyl (C=O) groups is 1. The second-order valence-corrected chi connectivity index (χ2v) is 5.85. The zero-order valence-electron chi connectivity index (χ0n) is 8.94. The Labute approximate surface area is 101 Å². The number of hydrogen-bond acceptors (Lipinski definition) is 4. The predicted octanol–water partition coefficient (Wildman–Crippen LogP) is 0.179. The van der Waals surface area contributed by atoms with Gasteiger partial charge < -0.3 is 5.11 Å². The smallest absolute Gasteiger partial charge is 0.406 e. The summed E-state index contributed by atoms with van der Waals surface area (Å²) in [6.07, 6.45) is -5.90. The minimum absolute atomic E-state index is 0.401. The lowest BCUT2D eigenvalue weighted by Gasteiger charge is -2.26. The Bertz CT molecular complexity index is 495. The van der Waals surface area contributed by atoms with Gasteiger partial charge in [0.25, 0.3) is 0 Å². The average molecular weight is 286 g/mol. The molecule has 1 rings (SSSR count). The second-order valence-electron chi connectivity index (χ2n) is 3.88. The molecule has 0 aromatic rings. The Kier molecular flexibility index (Phi) is 3.60. The number of carboxylic acid groups (broad SMARTS) is 1. The van der Waals surface area contributed by atoms with E-state index in [1.807, 2.05) is 0 Å². The number of nitrogens with zero attached hydrogens (tertiary/aromatic N) is 2. The van der Waals surface area contributed by atoms with Crippen LogP contribution < -0.4 is 0 Å². The molecule has 1 saturated heterocycles. The van der Waals surface area contributed by atoms with Crippen molar-refractivity contribution in [3.63, 3.8) is 0 Å². The molecule has 102 valence electrons. The van der Waals surface area contributed by atoms with Crippen molar-refractivity contribution in [1.29, 1.82) is 5.26 Å². The van der Waals surface area contributed by atoms with Crippen LogP contribution in [0, 0.1) is 16.7 Å². The maximum absolute atomic E-state index is 12.7. The zero-order valence-corrected chi connectivity index (χ0v) is 9.75. The van der Waals surface area contributed by atoms with Crippen LogP contribution in [0.2, 0.25) is 0 Å². The third-order valence-corrected chi connectivity index (χ3v) is 4.42. The molecule has 1 aliphatic heterocycles. The van der Waals surface area contributed by atoms with Crippen LogP contribution in [0.5, 0.6) is 0 Å². The fourth-order valence-corrected chi connectivity index (χ4v) is 2.84. The number of rotatable bonds is 3. The Balaban J connectivity index is 3.07. The first kappa shape index (κ1) is 14.7. The van der Waals surface area contributed by atoms with E-state index in [-0.39, 0.29) is 0 Å². The van der Waals surface area contributed by atoms with Gasteiger partial charge in [0.1, 0.15) is 0 Å². The van der Waals surface area contributed by atoms with Gasteiger partial charge in [-0.15, -0.1) is 0 Å². The van der Waals surface area contributed by atoms with E-state index in [4.69, 9.17) is 10.4 Å². The second kappa shape index (κ2) is 4.40. The van der Waals surface area contributed by atoms with E-state index in [1.54, 1.807) is 0 Å². The highest BCUT2D eigenvalue weighted by atomic mass is 32.2. The lowest BCUT2D eigenvalue weighted by molar-refractivity contribution is -0.226. The molecule has 6 nitrogen and oxygen atoms in total. The summed E-state index contributed by atoms with van der Waals surface area (Å²) in [5.41, 5.74) is -3.09. The van der Waals surface area contributed by atoms with E-state index in [9.17, 15) is 26.4 Å². The van der Waals surface area contributed by atoms with Crippen molar-refractivity contribution in [3.8, 4) is 6.07 Å². The van der Waals surface area contributed by atoms with Crippen molar-refractivity contribution in [2.75, 3.05) is 18.8 Å². The first-order chi connectivity index (χ1) is 8.07. The monoisotopic (exact) mass is 286 g/mol. The minimum Gasteiger partial charge on any atom is -0.481 e. The van der Waals surface area contributed by atoms with Crippen LogP contribution in [-0.2, 0) is 14.8 Å². The summed E-state index contributed by atoms with van der Waals surface area (Å²) < 4.78 is 61.5. The summed E-state index contributed by atoms with van der Waals surface area (Å²) in [5, 5.41) is 17.0.